The highest BCUT2D eigenvalue weighted by atomic mass is 31.2. The number of ether oxygens (including phenoxy) is 2. The topological polar surface area (TPSA) is 140 Å². The number of fused-ring (bicyclic) bond motifs is 1. The van der Waals surface area contributed by atoms with Gasteiger partial charge in [0.25, 0.3) is 0 Å². The molecule has 6 atom stereocenters. The van der Waals surface area contributed by atoms with Crippen LogP contribution in [0, 0.1) is 0 Å². The first-order chi connectivity index (χ1) is 11.0. The molecule has 2 fully saturated rings. The Hall–Kier alpha value is -1.20. The lowest BCUT2D eigenvalue weighted by molar-refractivity contribution is -0.0917. The molecule has 0 aromatic rings. The smallest absolute Gasteiger partial charge is 0.374 e. The maximum absolute atomic E-state index is 11.7. The van der Waals surface area contributed by atoms with E-state index in [0.29, 0.717) is 6.67 Å². The van der Waals surface area contributed by atoms with Crippen LogP contribution in [-0.4, -0.2) is 67.2 Å². The third kappa shape index (κ3) is 2.45. The fourth-order valence-electron chi connectivity index (χ4n) is 3.19. The Morgan fingerprint density at radius 3 is 3.22 bits per heavy atom. The lowest BCUT2D eigenvalue weighted by atomic mass is 10.1. The van der Waals surface area contributed by atoms with Crippen molar-refractivity contribution in [2.45, 2.75) is 30.7 Å². The van der Waals surface area contributed by atoms with Gasteiger partial charge in [-0.2, -0.15) is 0 Å². The highest BCUT2D eigenvalue weighted by Gasteiger charge is 2.55. The standard InChI is InChI=1S/C11H18N5O6P/c1-19-8-7-5(2-20-23(17,18)22-7)21-11(8)16-4-15-6-9(12)13-3-14-10(6)16/h3,5,7-9,11,15H,2,4,12H2,1H3,(H,13,14)(H,17,18)/t5?,7-,8?,9?,11?/m1/s1. The fraction of sp³-hybridized carbons (Fsp3) is 0.727. The van der Waals surface area contributed by atoms with Crippen molar-refractivity contribution in [1.82, 2.24) is 15.5 Å². The molecule has 0 saturated carbocycles. The van der Waals surface area contributed by atoms with Crippen LogP contribution < -0.4 is 16.4 Å². The van der Waals surface area contributed by atoms with E-state index < -0.39 is 38.5 Å². The monoisotopic (exact) mass is 347 g/mol. The summed E-state index contributed by atoms with van der Waals surface area (Å²) in [6, 6.07) is 0. The predicted molar refractivity (Wildman–Crippen MR) is 76.6 cm³/mol. The predicted octanol–water partition coefficient (Wildman–Crippen LogP) is -1.81. The van der Waals surface area contributed by atoms with Gasteiger partial charge in [-0.25, -0.2) is 4.57 Å². The molecule has 0 aromatic heterocycles. The van der Waals surface area contributed by atoms with Gasteiger partial charge in [0, 0.05) is 7.11 Å². The molecule has 5 N–H and O–H groups in total. The Morgan fingerprint density at radius 1 is 1.61 bits per heavy atom. The molecule has 0 amide bonds. The van der Waals surface area contributed by atoms with Crippen molar-refractivity contribution in [3.05, 3.63) is 11.5 Å². The molecule has 12 heteroatoms. The Labute approximate surface area is 132 Å². The highest BCUT2D eigenvalue weighted by Crippen LogP contribution is 2.52. The Kier molecular flexibility index (Phi) is 3.61. The number of phosphoric ester groups is 1. The summed E-state index contributed by atoms with van der Waals surface area (Å²) in [5.41, 5.74) is 6.68. The number of rotatable bonds is 2. The van der Waals surface area contributed by atoms with Gasteiger partial charge in [-0.1, -0.05) is 0 Å². The van der Waals surface area contributed by atoms with Crippen molar-refractivity contribution >= 4 is 14.2 Å². The van der Waals surface area contributed by atoms with Crippen LogP contribution in [-0.2, 0) is 23.1 Å². The molecule has 128 valence electrons. The van der Waals surface area contributed by atoms with Gasteiger partial charge in [0.1, 0.15) is 30.3 Å². The van der Waals surface area contributed by atoms with Crippen LogP contribution >= 0.6 is 7.82 Å². The first-order valence-corrected chi connectivity index (χ1v) is 8.62. The highest BCUT2D eigenvalue weighted by molar-refractivity contribution is 7.47. The molecule has 2 saturated heterocycles. The molecule has 11 nitrogen and oxygen atoms in total. The summed E-state index contributed by atoms with van der Waals surface area (Å²) < 4.78 is 33.1. The number of hydrogen-bond donors (Lipinski definition) is 4. The van der Waals surface area contributed by atoms with Gasteiger partial charge in [0.2, 0.25) is 0 Å². The number of phosphoric acid groups is 1. The molecule has 0 aromatic carbocycles. The first-order valence-electron chi connectivity index (χ1n) is 7.12. The Balaban J connectivity index is 1.59. The normalized spacial score (nSPS) is 45.5. The molecule has 0 spiro atoms. The van der Waals surface area contributed by atoms with Gasteiger partial charge in [-0.3, -0.25) is 14.0 Å². The zero-order chi connectivity index (χ0) is 16.2. The fourth-order valence-corrected chi connectivity index (χ4v) is 4.15. The van der Waals surface area contributed by atoms with Gasteiger partial charge in [0.05, 0.1) is 25.3 Å². The van der Waals surface area contributed by atoms with Gasteiger partial charge >= 0.3 is 7.82 Å². The van der Waals surface area contributed by atoms with Crippen LogP contribution in [0.5, 0.6) is 0 Å². The van der Waals surface area contributed by atoms with Crippen molar-refractivity contribution in [3.8, 4) is 0 Å². The second-order valence-electron chi connectivity index (χ2n) is 5.53. The molecule has 4 heterocycles. The van der Waals surface area contributed by atoms with Crippen LogP contribution in [0.1, 0.15) is 0 Å². The lowest BCUT2D eigenvalue weighted by Gasteiger charge is -2.32. The van der Waals surface area contributed by atoms with E-state index in [2.05, 4.69) is 15.6 Å². The van der Waals surface area contributed by atoms with Crippen LogP contribution in [0.25, 0.3) is 0 Å². The van der Waals surface area contributed by atoms with E-state index >= 15 is 0 Å². The largest absolute Gasteiger partial charge is 0.472 e. The van der Waals surface area contributed by atoms with Gasteiger partial charge < -0.3 is 35.6 Å². The van der Waals surface area contributed by atoms with Crippen molar-refractivity contribution in [2.24, 2.45) is 10.7 Å². The second kappa shape index (κ2) is 5.42. The van der Waals surface area contributed by atoms with Crippen molar-refractivity contribution in [1.29, 1.82) is 0 Å². The zero-order valence-corrected chi connectivity index (χ0v) is 13.2. The van der Waals surface area contributed by atoms with Crippen LogP contribution in [0.15, 0.2) is 16.5 Å². The van der Waals surface area contributed by atoms with Gasteiger partial charge in [0.15, 0.2) is 6.23 Å². The molecular weight excluding hydrogens is 329 g/mol. The minimum Gasteiger partial charge on any atom is -0.374 e. The van der Waals surface area contributed by atoms with Crippen LogP contribution in [0.3, 0.4) is 0 Å². The number of nitrogens with zero attached hydrogens (tertiary/aromatic N) is 2. The SMILES string of the molecule is COC1C(N2CNC3=C2NC=NC3N)OC2COP(=O)(O)O[C@H]21. The number of nitrogens with two attached hydrogens (primary N) is 1. The third-order valence-corrected chi connectivity index (χ3v) is 5.22. The maximum atomic E-state index is 11.7. The lowest BCUT2D eigenvalue weighted by Crippen LogP contribution is -2.47. The van der Waals surface area contributed by atoms with E-state index in [9.17, 15) is 9.46 Å². The summed E-state index contributed by atoms with van der Waals surface area (Å²) >= 11 is 0. The van der Waals surface area contributed by atoms with E-state index in [4.69, 9.17) is 24.3 Å². The molecule has 0 bridgehead atoms. The first kappa shape index (κ1) is 15.3. The summed E-state index contributed by atoms with van der Waals surface area (Å²) in [5, 5.41) is 6.21. The van der Waals surface area contributed by atoms with E-state index in [1.165, 1.54) is 13.4 Å². The summed E-state index contributed by atoms with van der Waals surface area (Å²) in [5.74, 6) is 0.742. The van der Waals surface area contributed by atoms with Crippen molar-refractivity contribution in [3.63, 3.8) is 0 Å². The number of aliphatic imine (C=N–C) groups is 1. The molecule has 4 rings (SSSR count). The molecular formula is C11H18N5O6P. The summed E-state index contributed by atoms with van der Waals surface area (Å²) in [6.07, 6.45) is -1.22. The summed E-state index contributed by atoms with van der Waals surface area (Å²) in [6.45, 7) is 0.409. The maximum Gasteiger partial charge on any atom is 0.472 e. The van der Waals surface area contributed by atoms with E-state index in [0.717, 1.165) is 11.5 Å². The summed E-state index contributed by atoms with van der Waals surface area (Å²) in [4.78, 5) is 15.5. The second-order valence-corrected chi connectivity index (χ2v) is 6.94. The molecule has 5 unspecified atom stereocenters. The Morgan fingerprint density at radius 2 is 2.43 bits per heavy atom. The van der Waals surface area contributed by atoms with Crippen LogP contribution in [0.2, 0.25) is 0 Å². The molecule has 4 aliphatic rings. The number of hydrogen-bond acceptors (Lipinski definition) is 10. The minimum atomic E-state index is -4.07. The Bertz CT molecular complexity index is 614. The van der Waals surface area contributed by atoms with Gasteiger partial charge in [-0.15, -0.1) is 0 Å². The minimum absolute atomic E-state index is 0.0314. The van der Waals surface area contributed by atoms with Crippen molar-refractivity contribution < 1.29 is 28.0 Å². The average Bonchev–Trinajstić information content (AvgIpc) is 3.07. The van der Waals surface area contributed by atoms with E-state index in [-0.39, 0.29) is 6.61 Å². The number of nitrogens with one attached hydrogen (secondary N) is 2. The molecule has 4 aliphatic heterocycles. The molecule has 23 heavy (non-hydrogen) atoms. The van der Waals surface area contributed by atoms with E-state index in [1.807, 2.05) is 4.90 Å². The quantitative estimate of drug-likeness (QED) is 0.423. The number of methoxy groups -OCH3 is 1. The molecule has 0 radical (unpaired) electrons. The molecule has 0 aliphatic carbocycles. The third-order valence-electron chi connectivity index (χ3n) is 4.24. The summed E-state index contributed by atoms with van der Waals surface area (Å²) in [7, 11) is -2.56. The van der Waals surface area contributed by atoms with Crippen molar-refractivity contribution in [2.75, 3.05) is 20.4 Å². The van der Waals surface area contributed by atoms with E-state index in [1.54, 1.807) is 0 Å². The average molecular weight is 347 g/mol. The van der Waals surface area contributed by atoms with Gasteiger partial charge in [-0.05, 0) is 0 Å². The van der Waals surface area contributed by atoms with Crippen LogP contribution in [0.4, 0.5) is 0 Å². The zero-order valence-electron chi connectivity index (χ0n) is 12.3.